The van der Waals surface area contributed by atoms with Crippen LogP contribution in [-0.4, -0.2) is 36.4 Å². The van der Waals surface area contributed by atoms with Crippen LogP contribution >= 0.6 is 0 Å². The van der Waals surface area contributed by atoms with E-state index in [0.717, 1.165) is 11.1 Å². The number of nitrogens with two attached hydrogens (primary N) is 1. The van der Waals surface area contributed by atoms with Gasteiger partial charge in [-0.2, -0.15) is 0 Å². The Bertz CT molecular complexity index is 1500. The van der Waals surface area contributed by atoms with Crippen LogP contribution < -0.4 is 10.5 Å². The van der Waals surface area contributed by atoms with E-state index in [9.17, 15) is 13.2 Å². The van der Waals surface area contributed by atoms with Crippen molar-refractivity contribution in [3.8, 4) is 0 Å². The number of benzene rings is 3. The Labute approximate surface area is 209 Å². The quantitative estimate of drug-likeness (QED) is 0.171. The number of nitrogen functional groups attached to an aromatic ring is 1. The van der Waals surface area contributed by atoms with Gasteiger partial charge in [-0.25, -0.2) is 13.4 Å². The molecule has 1 aromatic heterocycles. The number of anilines is 1. The molecule has 4 aromatic rings. The monoisotopic (exact) mass is 505 g/mol. The molecule has 0 radical (unpaired) electrons. The maximum absolute atomic E-state index is 12.8. The van der Waals surface area contributed by atoms with Crippen molar-refractivity contribution < 1.29 is 17.9 Å². The summed E-state index contributed by atoms with van der Waals surface area (Å²) in [6, 6.07) is 20.6. The lowest BCUT2D eigenvalue weighted by atomic mass is 10.1. The molecule has 0 unspecified atom stereocenters. The van der Waals surface area contributed by atoms with Crippen molar-refractivity contribution in [2.45, 2.75) is 31.2 Å². The van der Waals surface area contributed by atoms with Gasteiger partial charge in [0.1, 0.15) is 11.7 Å². The van der Waals surface area contributed by atoms with Crippen molar-refractivity contribution >= 4 is 38.5 Å². The summed E-state index contributed by atoms with van der Waals surface area (Å²) in [6.45, 7) is 2.44. The van der Waals surface area contributed by atoms with Crippen molar-refractivity contribution in [2.75, 3.05) is 11.3 Å². The first-order chi connectivity index (χ1) is 17.3. The van der Waals surface area contributed by atoms with Gasteiger partial charge < -0.3 is 15.0 Å². The predicted octanol–water partition coefficient (Wildman–Crippen LogP) is 3.67. The van der Waals surface area contributed by atoms with Crippen LogP contribution in [0, 0.1) is 5.41 Å². The zero-order valence-corrected chi connectivity index (χ0v) is 20.6. The van der Waals surface area contributed by atoms with Crippen LogP contribution in [0.15, 0.2) is 77.7 Å². The van der Waals surface area contributed by atoms with Gasteiger partial charge in [0.2, 0.25) is 0 Å². The minimum absolute atomic E-state index is 0.00582. The molecule has 0 amide bonds. The molecule has 0 spiro atoms. The minimum atomic E-state index is -3.75. The summed E-state index contributed by atoms with van der Waals surface area (Å²) in [7, 11) is -3.75. The molecule has 9 nitrogen and oxygen atoms in total. The van der Waals surface area contributed by atoms with Crippen molar-refractivity contribution in [1.82, 2.24) is 9.55 Å². The first-order valence-corrected chi connectivity index (χ1v) is 12.9. The van der Waals surface area contributed by atoms with Crippen LogP contribution in [-0.2, 0) is 32.5 Å². The molecular weight excluding hydrogens is 478 g/mol. The van der Waals surface area contributed by atoms with Crippen molar-refractivity contribution in [2.24, 2.45) is 5.73 Å². The highest BCUT2D eigenvalue weighted by Gasteiger charge is 2.17. The van der Waals surface area contributed by atoms with Gasteiger partial charge in [-0.3, -0.25) is 14.9 Å². The third-order valence-corrected chi connectivity index (χ3v) is 7.00. The predicted molar refractivity (Wildman–Crippen MR) is 138 cm³/mol. The number of fused-ring (bicyclic) bond motifs is 1. The number of aryl methyl sites for hydroxylation is 1. The van der Waals surface area contributed by atoms with E-state index in [1.807, 2.05) is 16.7 Å². The fourth-order valence-corrected chi connectivity index (χ4v) is 4.93. The summed E-state index contributed by atoms with van der Waals surface area (Å²) in [4.78, 5) is 17.0. The fraction of sp³-hybridized carbons (Fsp3) is 0.192. The van der Waals surface area contributed by atoms with Gasteiger partial charge >= 0.3 is 5.97 Å². The number of rotatable bonds is 10. The molecular formula is C26H27N5O4S. The van der Waals surface area contributed by atoms with Crippen LogP contribution in [0.3, 0.4) is 0 Å². The third kappa shape index (κ3) is 5.72. The minimum Gasteiger partial charge on any atom is -0.466 e. The number of aromatic nitrogens is 2. The fourth-order valence-electron chi connectivity index (χ4n) is 3.86. The Morgan fingerprint density at radius 3 is 2.47 bits per heavy atom. The number of hydrogen-bond donors (Lipinski definition) is 3. The second-order valence-corrected chi connectivity index (χ2v) is 9.83. The smallest absolute Gasteiger partial charge is 0.307 e. The zero-order valence-electron chi connectivity index (χ0n) is 19.8. The van der Waals surface area contributed by atoms with E-state index in [2.05, 4.69) is 4.72 Å². The molecule has 0 aliphatic heterocycles. The summed E-state index contributed by atoms with van der Waals surface area (Å²) in [6.07, 6.45) is 0.652. The maximum atomic E-state index is 12.8. The average molecular weight is 506 g/mol. The number of nitrogens with zero attached hydrogens (tertiary/aromatic N) is 2. The van der Waals surface area contributed by atoms with Gasteiger partial charge in [-0.15, -0.1) is 0 Å². The SMILES string of the molecule is CCOC(=O)CCn1c(Cc2ccc(C(=N)N)cc2)nc2cc(NS(=O)(=O)c3ccccc3)ccc21. The van der Waals surface area contributed by atoms with Gasteiger partial charge in [-0.1, -0.05) is 42.5 Å². The standard InChI is InChI=1S/C26H27N5O4S/c1-2-35-25(32)14-15-31-23-13-12-20(30-36(33,34)21-6-4-3-5-7-21)17-22(23)29-24(31)16-18-8-10-19(11-9-18)26(27)28/h3-13,17,30H,2,14-16H2,1H3,(H3,27,28). The highest BCUT2D eigenvalue weighted by Crippen LogP contribution is 2.25. The molecule has 4 rings (SSSR count). The molecule has 1 heterocycles. The molecule has 0 bridgehead atoms. The van der Waals surface area contributed by atoms with E-state index in [4.69, 9.17) is 20.9 Å². The van der Waals surface area contributed by atoms with E-state index in [-0.39, 0.29) is 23.1 Å². The molecule has 36 heavy (non-hydrogen) atoms. The third-order valence-electron chi connectivity index (χ3n) is 5.61. The zero-order chi connectivity index (χ0) is 25.7. The molecule has 0 atom stereocenters. The number of amidine groups is 1. The normalized spacial score (nSPS) is 11.4. The lowest BCUT2D eigenvalue weighted by Gasteiger charge is -2.10. The number of imidazole rings is 1. The number of nitrogens with one attached hydrogen (secondary N) is 2. The molecule has 0 aliphatic carbocycles. The Morgan fingerprint density at radius 2 is 1.81 bits per heavy atom. The number of carbonyl (C=O) groups is 1. The summed E-state index contributed by atoms with van der Waals surface area (Å²) in [5, 5.41) is 7.57. The highest BCUT2D eigenvalue weighted by molar-refractivity contribution is 7.92. The van der Waals surface area contributed by atoms with Gasteiger partial charge in [0.25, 0.3) is 10.0 Å². The van der Waals surface area contributed by atoms with Crippen molar-refractivity contribution in [1.29, 1.82) is 5.41 Å². The van der Waals surface area contributed by atoms with Crippen LogP contribution in [0.4, 0.5) is 5.69 Å². The van der Waals surface area contributed by atoms with Gasteiger partial charge in [-0.05, 0) is 42.8 Å². The van der Waals surface area contributed by atoms with Crippen molar-refractivity contribution in [3.05, 3.63) is 89.7 Å². The van der Waals surface area contributed by atoms with Gasteiger partial charge in [0, 0.05) is 18.5 Å². The second-order valence-electron chi connectivity index (χ2n) is 8.14. The lowest BCUT2D eigenvalue weighted by molar-refractivity contribution is -0.143. The number of sulfonamides is 1. The van der Waals surface area contributed by atoms with Crippen LogP contribution in [0.5, 0.6) is 0 Å². The Morgan fingerprint density at radius 1 is 1.08 bits per heavy atom. The van der Waals surface area contributed by atoms with E-state index in [1.54, 1.807) is 55.5 Å². The lowest BCUT2D eigenvalue weighted by Crippen LogP contribution is -2.13. The van der Waals surface area contributed by atoms with E-state index >= 15 is 0 Å². The summed E-state index contributed by atoms with van der Waals surface area (Å²) < 4.78 is 35.1. The van der Waals surface area contributed by atoms with Gasteiger partial charge in [0.15, 0.2) is 0 Å². The molecule has 0 aliphatic rings. The molecule has 186 valence electrons. The maximum Gasteiger partial charge on any atom is 0.307 e. The second kappa shape index (κ2) is 10.6. The van der Waals surface area contributed by atoms with Gasteiger partial charge in [0.05, 0.1) is 34.6 Å². The summed E-state index contributed by atoms with van der Waals surface area (Å²) >= 11 is 0. The largest absolute Gasteiger partial charge is 0.466 e. The van der Waals surface area contributed by atoms with E-state index in [1.165, 1.54) is 12.1 Å². The Kier molecular flexibility index (Phi) is 7.35. The number of hydrogen-bond acceptors (Lipinski definition) is 6. The average Bonchev–Trinajstić information content (AvgIpc) is 3.19. The molecule has 0 saturated heterocycles. The Balaban J connectivity index is 1.66. The number of esters is 1. The van der Waals surface area contributed by atoms with E-state index < -0.39 is 10.0 Å². The molecule has 0 saturated carbocycles. The topological polar surface area (TPSA) is 140 Å². The van der Waals surface area contributed by atoms with E-state index in [0.29, 0.717) is 42.2 Å². The first kappa shape index (κ1) is 24.9. The number of ether oxygens (including phenoxy) is 1. The number of carbonyl (C=O) groups excluding carboxylic acids is 1. The summed E-state index contributed by atoms with van der Waals surface area (Å²) in [5.41, 5.74) is 8.90. The van der Waals surface area contributed by atoms with Crippen LogP contribution in [0.1, 0.15) is 30.3 Å². The Hall–Kier alpha value is -4.18. The van der Waals surface area contributed by atoms with Crippen LogP contribution in [0.2, 0.25) is 0 Å². The molecule has 3 aromatic carbocycles. The first-order valence-electron chi connectivity index (χ1n) is 11.4. The summed E-state index contributed by atoms with van der Waals surface area (Å²) in [5.74, 6) is 0.407. The molecule has 10 heteroatoms. The molecule has 0 fully saturated rings. The van der Waals surface area contributed by atoms with Crippen molar-refractivity contribution in [3.63, 3.8) is 0 Å². The molecule has 4 N–H and O–H groups in total. The highest BCUT2D eigenvalue weighted by atomic mass is 32.2. The van der Waals surface area contributed by atoms with Crippen LogP contribution in [0.25, 0.3) is 11.0 Å².